The van der Waals surface area contributed by atoms with E-state index in [0.29, 0.717) is 6.42 Å². The van der Waals surface area contributed by atoms with Crippen LogP contribution >= 0.6 is 0 Å². The van der Waals surface area contributed by atoms with Crippen molar-refractivity contribution in [2.45, 2.75) is 154 Å². The Morgan fingerprint density at radius 1 is 0.781 bits per heavy atom. The molecule has 0 aromatic heterocycles. The van der Waals surface area contributed by atoms with Crippen LogP contribution in [-0.2, 0) is 9.59 Å². The van der Waals surface area contributed by atoms with Gasteiger partial charge in [0.15, 0.2) is 0 Å². The number of aliphatic hydroxyl groups is 1. The van der Waals surface area contributed by atoms with Gasteiger partial charge in [-0.05, 0) is 13.3 Å². The van der Waals surface area contributed by atoms with E-state index in [0.717, 1.165) is 19.3 Å². The zero-order chi connectivity index (χ0) is 23.6. The summed E-state index contributed by atoms with van der Waals surface area (Å²) in [5.74, 6) is -0.492. The van der Waals surface area contributed by atoms with E-state index in [1.54, 1.807) is 18.9 Å². The van der Waals surface area contributed by atoms with Crippen LogP contribution < -0.4 is 5.32 Å². The molecule has 1 saturated heterocycles. The van der Waals surface area contributed by atoms with Gasteiger partial charge in [0.1, 0.15) is 12.1 Å². The van der Waals surface area contributed by atoms with Crippen LogP contribution in [0.3, 0.4) is 0 Å². The van der Waals surface area contributed by atoms with Gasteiger partial charge in [0.05, 0.1) is 0 Å². The molecule has 5 nitrogen and oxygen atoms in total. The molecule has 2 N–H and O–H groups in total. The topological polar surface area (TPSA) is 69.6 Å². The van der Waals surface area contributed by atoms with Crippen LogP contribution in [-0.4, -0.2) is 47.1 Å². The van der Waals surface area contributed by atoms with Crippen molar-refractivity contribution >= 4 is 11.8 Å². The fourth-order valence-electron chi connectivity index (χ4n) is 4.80. The highest BCUT2D eigenvalue weighted by Gasteiger charge is 2.32. The van der Waals surface area contributed by atoms with E-state index in [1.165, 1.54) is 96.3 Å². The average Bonchev–Trinajstić information content (AvgIpc) is 2.78. The van der Waals surface area contributed by atoms with Crippen LogP contribution in [0.4, 0.5) is 0 Å². The number of carbonyl (C=O) groups excluding carboxylic acids is 2. The second-order valence-electron chi connectivity index (χ2n) is 10.0. The van der Waals surface area contributed by atoms with Crippen LogP contribution in [0.1, 0.15) is 136 Å². The summed E-state index contributed by atoms with van der Waals surface area (Å²) in [6, 6.07) is -0.622. The number of nitrogens with one attached hydrogen (secondary N) is 1. The second kappa shape index (κ2) is 18.3. The summed E-state index contributed by atoms with van der Waals surface area (Å²) >= 11 is 0. The molecule has 1 aliphatic rings. The fourth-order valence-corrected chi connectivity index (χ4v) is 4.80. The largest absolute Gasteiger partial charge is 0.383 e. The van der Waals surface area contributed by atoms with Crippen molar-refractivity contribution in [3.63, 3.8) is 0 Å². The summed E-state index contributed by atoms with van der Waals surface area (Å²) in [5, 5.41) is 12.6. The van der Waals surface area contributed by atoms with E-state index >= 15 is 0 Å². The van der Waals surface area contributed by atoms with Crippen molar-refractivity contribution in [1.29, 1.82) is 0 Å². The third-order valence-corrected chi connectivity index (χ3v) is 7.06. The maximum Gasteiger partial charge on any atom is 0.249 e. The Kier molecular flexibility index (Phi) is 16.6. The van der Waals surface area contributed by atoms with Gasteiger partial charge in [-0.15, -0.1) is 0 Å². The van der Waals surface area contributed by atoms with Crippen LogP contribution in [0.15, 0.2) is 0 Å². The van der Waals surface area contributed by atoms with Gasteiger partial charge in [0.25, 0.3) is 0 Å². The average molecular weight is 453 g/mol. The highest BCUT2D eigenvalue weighted by molar-refractivity contribution is 5.90. The molecule has 0 aromatic carbocycles. The van der Waals surface area contributed by atoms with E-state index in [4.69, 9.17) is 0 Å². The SMILES string of the molecule is CCCCCCCCCCCCCCCCCCCC1CC(O)C(=O)NC(C)C(=O)N1C. The summed E-state index contributed by atoms with van der Waals surface area (Å²) < 4.78 is 0. The van der Waals surface area contributed by atoms with E-state index in [-0.39, 0.29) is 11.9 Å². The van der Waals surface area contributed by atoms with Crippen molar-refractivity contribution in [1.82, 2.24) is 10.2 Å². The molecular weight excluding hydrogens is 400 g/mol. The highest BCUT2D eigenvalue weighted by Crippen LogP contribution is 2.19. The van der Waals surface area contributed by atoms with Gasteiger partial charge in [-0.2, -0.15) is 0 Å². The lowest BCUT2D eigenvalue weighted by Gasteiger charge is -2.34. The lowest BCUT2D eigenvalue weighted by Crippen LogP contribution is -2.55. The van der Waals surface area contributed by atoms with Crippen LogP contribution in [0, 0.1) is 0 Å². The summed E-state index contributed by atoms with van der Waals surface area (Å²) in [6.07, 6.45) is 23.1. The van der Waals surface area contributed by atoms with Gasteiger partial charge in [-0.1, -0.05) is 116 Å². The first-order chi connectivity index (χ1) is 15.5. The molecule has 0 bridgehead atoms. The molecule has 5 heteroatoms. The standard InChI is InChI=1S/C27H52N2O3/c1-4-5-6-7-8-9-10-11-12-13-14-15-16-17-18-19-20-21-24-22-25(30)26(31)28-23(2)27(32)29(24)3/h23-25,30H,4-22H2,1-3H3,(H,28,31). The fraction of sp³-hybridized carbons (Fsp3) is 0.926. The van der Waals surface area contributed by atoms with Crippen LogP contribution in [0.25, 0.3) is 0 Å². The van der Waals surface area contributed by atoms with Gasteiger partial charge in [-0.3, -0.25) is 9.59 Å². The minimum absolute atomic E-state index is 0.0534. The van der Waals surface area contributed by atoms with E-state index < -0.39 is 18.1 Å². The minimum Gasteiger partial charge on any atom is -0.383 e. The molecule has 0 aromatic rings. The summed E-state index contributed by atoms with van der Waals surface area (Å²) in [7, 11) is 1.79. The first-order valence-corrected chi connectivity index (χ1v) is 13.7. The Bertz CT molecular complexity index is 497. The Labute approximate surface area is 198 Å². The maximum absolute atomic E-state index is 12.4. The quantitative estimate of drug-likeness (QED) is 0.246. The molecule has 1 heterocycles. The normalized spacial score (nSPS) is 22.0. The highest BCUT2D eigenvalue weighted by atomic mass is 16.3. The summed E-state index contributed by atoms with van der Waals surface area (Å²) in [5.41, 5.74) is 0. The lowest BCUT2D eigenvalue weighted by molar-refractivity contribution is -0.143. The van der Waals surface area contributed by atoms with Gasteiger partial charge in [0.2, 0.25) is 11.8 Å². The molecular formula is C27H52N2O3. The summed E-state index contributed by atoms with van der Waals surface area (Å²) in [6.45, 7) is 3.96. The van der Waals surface area contributed by atoms with E-state index in [2.05, 4.69) is 12.2 Å². The molecule has 3 unspecified atom stereocenters. The van der Waals surface area contributed by atoms with Crippen molar-refractivity contribution in [2.75, 3.05) is 7.05 Å². The van der Waals surface area contributed by atoms with Gasteiger partial charge < -0.3 is 15.3 Å². The van der Waals surface area contributed by atoms with Crippen molar-refractivity contribution in [3.8, 4) is 0 Å². The number of likely N-dealkylation sites (N-methyl/N-ethyl adjacent to an activating group) is 1. The smallest absolute Gasteiger partial charge is 0.249 e. The molecule has 3 atom stereocenters. The van der Waals surface area contributed by atoms with Crippen molar-refractivity contribution in [3.05, 3.63) is 0 Å². The molecule has 0 spiro atoms. The number of carbonyl (C=O) groups is 2. The number of nitrogens with zero attached hydrogens (tertiary/aromatic N) is 1. The summed E-state index contributed by atoms with van der Waals surface area (Å²) in [4.78, 5) is 26.0. The molecule has 1 aliphatic heterocycles. The molecule has 32 heavy (non-hydrogen) atoms. The predicted octanol–water partition coefficient (Wildman–Crippen LogP) is 6.12. The number of rotatable bonds is 18. The van der Waals surface area contributed by atoms with Gasteiger partial charge >= 0.3 is 0 Å². The molecule has 0 radical (unpaired) electrons. The van der Waals surface area contributed by atoms with Crippen LogP contribution in [0.2, 0.25) is 0 Å². The first kappa shape index (κ1) is 28.9. The molecule has 2 amide bonds. The van der Waals surface area contributed by atoms with Crippen molar-refractivity contribution in [2.24, 2.45) is 0 Å². The number of hydrogen-bond acceptors (Lipinski definition) is 3. The Morgan fingerprint density at radius 3 is 1.62 bits per heavy atom. The molecule has 0 saturated carbocycles. The molecule has 188 valence electrons. The number of hydrogen-bond donors (Lipinski definition) is 2. The Balaban J connectivity index is 1.96. The predicted molar refractivity (Wildman–Crippen MR) is 134 cm³/mol. The Hall–Kier alpha value is -1.10. The monoisotopic (exact) mass is 452 g/mol. The third kappa shape index (κ3) is 12.8. The van der Waals surface area contributed by atoms with Crippen molar-refractivity contribution < 1.29 is 14.7 Å². The molecule has 0 aliphatic carbocycles. The maximum atomic E-state index is 12.4. The molecule has 1 rings (SSSR count). The van der Waals surface area contributed by atoms with Gasteiger partial charge in [0, 0.05) is 19.5 Å². The molecule has 1 fully saturated rings. The van der Waals surface area contributed by atoms with E-state index in [9.17, 15) is 14.7 Å². The minimum atomic E-state index is -1.02. The second-order valence-corrected chi connectivity index (χ2v) is 10.0. The third-order valence-electron chi connectivity index (χ3n) is 7.06. The van der Waals surface area contributed by atoms with E-state index in [1.807, 2.05) is 0 Å². The number of amides is 2. The Morgan fingerprint density at radius 2 is 1.19 bits per heavy atom. The van der Waals surface area contributed by atoms with Crippen LogP contribution in [0.5, 0.6) is 0 Å². The first-order valence-electron chi connectivity index (χ1n) is 13.7. The number of aliphatic hydroxyl groups excluding tert-OH is 1. The lowest BCUT2D eigenvalue weighted by atomic mass is 9.97. The zero-order valence-corrected chi connectivity index (χ0v) is 21.4. The zero-order valence-electron chi connectivity index (χ0n) is 21.4. The number of unbranched alkanes of at least 4 members (excludes halogenated alkanes) is 16. The van der Waals surface area contributed by atoms with Gasteiger partial charge in [-0.25, -0.2) is 0 Å².